The van der Waals surface area contributed by atoms with Crippen LogP contribution in [0.25, 0.3) is 0 Å². The highest BCUT2D eigenvalue weighted by atomic mass is 16.5. The first kappa shape index (κ1) is 14.4. The fourth-order valence-electron chi connectivity index (χ4n) is 2.65. The van der Waals surface area contributed by atoms with E-state index in [4.69, 9.17) is 9.47 Å². The van der Waals surface area contributed by atoms with Gasteiger partial charge < -0.3 is 14.8 Å². The quantitative estimate of drug-likeness (QED) is 0.731. The molecule has 2 unspecified atom stereocenters. The molecule has 1 fully saturated rings. The molecule has 1 aromatic carbocycles. The smallest absolute Gasteiger partial charge is 0.119 e. The van der Waals surface area contributed by atoms with Gasteiger partial charge in [-0.3, -0.25) is 0 Å². The molecule has 0 radical (unpaired) electrons. The minimum atomic E-state index is 0.338. The summed E-state index contributed by atoms with van der Waals surface area (Å²) in [6.45, 7) is 7.89. The zero-order chi connectivity index (χ0) is 13.7. The number of ether oxygens (including phenoxy) is 2. The van der Waals surface area contributed by atoms with Crippen LogP contribution in [0.4, 0.5) is 0 Å². The SMILES string of the molecule is CCOc1ccc(C2(C)CC2CNCCOC)cc1. The van der Waals surface area contributed by atoms with E-state index in [-0.39, 0.29) is 0 Å². The van der Waals surface area contributed by atoms with Crippen LogP contribution in [0, 0.1) is 5.92 Å². The molecule has 0 bridgehead atoms. The lowest BCUT2D eigenvalue weighted by Crippen LogP contribution is -2.23. The minimum absolute atomic E-state index is 0.338. The summed E-state index contributed by atoms with van der Waals surface area (Å²) in [4.78, 5) is 0. The zero-order valence-electron chi connectivity index (χ0n) is 12.2. The van der Waals surface area contributed by atoms with Crippen molar-refractivity contribution in [2.75, 3.05) is 33.4 Å². The summed E-state index contributed by atoms with van der Waals surface area (Å²) in [5.74, 6) is 1.70. The Balaban J connectivity index is 1.84. The van der Waals surface area contributed by atoms with E-state index in [1.165, 1.54) is 12.0 Å². The maximum atomic E-state index is 5.49. The Morgan fingerprint density at radius 3 is 2.68 bits per heavy atom. The van der Waals surface area contributed by atoms with Crippen molar-refractivity contribution >= 4 is 0 Å². The molecule has 1 aromatic rings. The molecule has 0 spiro atoms. The van der Waals surface area contributed by atoms with Crippen LogP contribution in [0.15, 0.2) is 24.3 Å². The second-order valence-corrected chi connectivity index (χ2v) is 5.47. The average Bonchev–Trinajstić information content (AvgIpc) is 3.08. The molecule has 3 nitrogen and oxygen atoms in total. The van der Waals surface area contributed by atoms with Crippen molar-refractivity contribution in [2.24, 2.45) is 5.92 Å². The Kier molecular flexibility index (Phi) is 4.83. The van der Waals surface area contributed by atoms with Gasteiger partial charge in [0.25, 0.3) is 0 Å². The van der Waals surface area contributed by atoms with E-state index in [0.717, 1.165) is 38.0 Å². The highest BCUT2D eigenvalue weighted by Gasteiger charge is 2.50. The molecule has 1 N–H and O–H groups in total. The van der Waals surface area contributed by atoms with Gasteiger partial charge in [0.15, 0.2) is 0 Å². The Labute approximate surface area is 116 Å². The van der Waals surface area contributed by atoms with Gasteiger partial charge in [-0.05, 0) is 48.9 Å². The molecule has 106 valence electrons. The monoisotopic (exact) mass is 263 g/mol. The third kappa shape index (κ3) is 3.48. The first-order valence-electron chi connectivity index (χ1n) is 7.13. The van der Waals surface area contributed by atoms with Crippen LogP contribution in [0.2, 0.25) is 0 Å². The number of benzene rings is 1. The van der Waals surface area contributed by atoms with Gasteiger partial charge in [-0.15, -0.1) is 0 Å². The van der Waals surface area contributed by atoms with E-state index >= 15 is 0 Å². The van der Waals surface area contributed by atoms with Crippen molar-refractivity contribution < 1.29 is 9.47 Å². The summed E-state index contributed by atoms with van der Waals surface area (Å²) in [5, 5.41) is 3.46. The molecule has 0 amide bonds. The standard InChI is InChI=1S/C16H25NO2/c1-4-19-15-7-5-13(6-8-15)16(2)11-14(16)12-17-9-10-18-3/h5-8,14,17H,4,9-12H2,1-3H3. The summed E-state index contributed by atoms with van der Waals surface area (Å²) >= 11 is 0. The van der Waals surface area contributed by atoms with Gasteiger partial charge in [0.1, 0.15) is 5.75 Å². The number of methoxy groups -OCH3 is 1. The van der Waals surface area contributed by atoms with Crippen molar-refractivity contribution in [3.63, 3.8) is 0 Å². The maximum absolute atomic E-state index is 5.49. The predicted octanol–water partition coefficient (Wildman–Crippen LogP) is 2.60. The molecule has 0 aliphatic heterocycles. The lowest BCUT2D eigenvalue weighted by molar-refractivity contribution is 0.199. The summed E-state index contributed by atoms with van der Waals surface area (Å²) in [7, 11) is 1.74. The second-order valence-electron chi connectivity index (χ2n) is 5.47. The highest BCUT2D eigenvalue weighted by molar-refractivity contribution is 5.37. The molecule has 1 aliphatic carbocycles. The van der Waals surface area contributed by atoms with E-state index in [1.54, 1.807) is 7.11 Å². The van der Waals surface area contributed by atoms with Crippen molar-refractivity contribution in [3.8, 4) is 5.75 Å². The van der Waals surface area contributed by atoms with Gasteiger partial charge in [-0.1, -0.05) is 19.1 Å². The number of nitrogens with one attached hydrogen (secondary N) is 1. The predicted molar refractivity (Wildman–Crippen MR) is 77.8 cm³/mol. The van der Waals surface area contributed by atoms with E-state index in [0.29, 0.717) is 5.41 Å². The Hall–Kier alpha value is -1.06. The first-order valence-corrected chi connectivity index (χ1v) is 7.13. The van der Waals surface area contributed by atoms with E-state index in [9.17, 15) is 0 Å². The van der Waals surface area contributed by atoms with Crippen molar-refractivity contribution in [3.05, 3.63) is 29.8 Å². The van der Waals surface area contributed by atoms with Crippen molar-refractivity contribution in [1.29, 1.82) is 0 Å². The fourth-order valence-corrected chi connectivity index (χ4v) is 2.65. The molecule has 2 rings (SSSR count). The lowest BCUT2D eigenvalue weighted by Gasteiger charge is -2.13. The third-order valence-corrected chi connectivity index (χ3v) is 4.11. The van der Waals surface area contributed by atoms with Gasteiger partial charge in [0.2, 0.25) is 0 Å². The highest BCUT2D eigenvalue weighted by Crippen LogP contribution is 2.53. The van der Waals surface area contributed by atoms with Crippen molar-refractivity contribution in [2.45, 2.75) is 25.7 Å². The van der Waals surface area contributed by atoms with Crippen LogP contribution >= 0.6 is 0 Å². The molecular weight excluding hydrogens is 238 g/mol. The number of hydrogen-bond acceptors (Lipinski definition) is 3. The largest absolute Gasteiger partial charge is 0.494 e. The topological polar surface area (TPSA) is 30.5 Å². The van der Waals surface area contributed by atoms with Gasteiger partial charge in [-0.25, -0.2) is 0 Å². The Bertz CT molecular complexity index is 390. The van der Waals surface area contributed by atoms with E-state index in [2.05, 4.69) is 36.5 Å². The van der Waals surface area contributed by atoms with E-state index < -0.39 is 0 Å². The fraction of sp³-hybridized carbons (Fsp3) is 0.625. The molecule has 1 saturated carbocycles. The molecule has 0 aromatic heterocycles. The molecule has 0 saturated heterocycles. The van der Waals surface area contributed by atoms with Crippen LogP contribution in [0.5, 0.6) is 5.75 Å². The summed E-state index contributed by atoms with van der Waals surface area (Å²) in [5.41, 5.74) is 1.76. The molecule has 3 heteroatoms. The van der Waals surface area contributed by atoms with Crippen LogP contribution in [-0.4, -0.2) is 33.4 Å². The maximum Gasteiger partial charge on any atom is 0.119 e. The van der Waals surface area contributed by atoms with Gasteiger partial charge in [0.05, 0.1) is 13.2 Å². The Morgan fingerprint density at radius 2 is 2.05 bits per heavy atom. The number of hydrogen-bond donors (Lipinski definition) is 1. The molecular formula is C16H25NO2. The molecule has 2 atom stereocenters. The first-order chi connectivity index (χ1) is 9.20. The zero-order valence-corrected chi connectivity index (χ0v) is 12.2. The lowest BCUT2D eigenvalue weighted by atomic mass is 9.95. The van der Waals surface area contributed by atoms with Gasteiger partial charge >= 0.3 is 0 Å². The second kappa shape index (κ2) is 6.40. The molecule has 0 heterocycles. The van der Waals surface area contributed by atoms with Crippen LogP contribution < -0.4 is 10.1 Å². The van der Waals surface area contributed by atoms with Crippen LogP contribution in [0.3, 0.4) is 0 Å². The molecule has 1 aliphatic rings. The summed E-state index contributed by atoms with van der Waals surface area (Å²) in [6, 6.07) is 8.58. The average molecular weight is 263 g/mol. The Morgan fingerprint density at radius 1 is 1.32 bits per heavy atom. The summed E-state index contributed by atoms with van der Waals surface area (Å²) in [6.07, 6.45) is 1.26. The van der Waals surface area contributed by atoms with Crippen LogP contribution in [-0.2, 0) is 10.2 Å². The van der Waals surface area contributed by atoms with Crippen LogP contribution in [0.1, 0.15) is 25.8 Å². The number of rotatable bonds is 8. The normalized spacial score (nSPS) is 25.3. The summed E-state index contributed by atoms with van der Waals surface area (Å²) < 4.78 is 10.5. The van der Waals surface area contributed by atoms with Gasteiger partial charge in [-0.2, -0.15) is 0 Å². The van der Waals surface area contributed by atoms with Crippen molar-refractivity contribution in [1.82, 2.24) is 5.32 Å². The minimum Gasteiger partial charge on any atom is -0.494 e. The third-order valence-electron chi connectivity index (χ3n) is 4.11. The molecule has 19 heavy (non-hydrogen) atoms. The van der Waals surface area contributed by atoms with E-state index in [1.807, 2.05) is 6.92 Å². The van der Waals surface area contributed by atoms with Gasteiger partial charge in [0, 0.05) is 13.7 Å².